The molecule has 17 heavy (non-hydrogen) atoms. The summed E-state index contributed by atoms with van der Waals surface area (Å²) in [5.41, 5.74) is 14.9. The summed E-state index contributed by atoms with van der Waals surface area (Å²) in [7, 11) is 0. The van der Waals surface area contributed by atoms with E-state index >= 15 is 0 Å². The highest BCUT2D eigenvalue weighted by Crippen LogP contribution is 2.13. The van der Waals surface area contributed by atoms with E-state index in [4.69, 9.17) is 16.0 Å². The molecule has 0 aliphatic heterocycles. The molecular formula is C8H10N8O. The first-order chi connectivity index (χ1) is 8.33. The molecule has 0 atom stereocenters. The summed E-state index contributed by atoms with van der Waals surface area (Å²) >= 11 is 0. The quantitative estimate of drug-likeness (QED) is 0.352. The molecule has 0 bridgehead atoms. The summed E-state index contributed by atoms with van der Waals surface area (Å²) in [4.78, 5) is 14.6. The van der Waals surface area contributed by atoms with E-state index in [1.165, 1.54) is 6.33 Å². The average Bonchev–Trinajstić information content (AvgIpc) is 2.74. The zero-order valence-corrected chi connectivity index (χ0v) is 8.89. The Morgan fingerprint density at radius 2 is 2.35 bits per heavy atom. The molecule has 88 valence electrons. The third-order valence-corrected chi connectivity index (χ3v) is 2.06. The van der Waals surface area contributed by atoms with Crippen molar-refractivity contribution in [2.45, 2.75) is 6.73 Å². The first-order valence-electron chi connectivity index (χ1n) is 4.83. The van der Waals surface area contributed by atoms with Crippen LogP contribution in [-0.4, -0.2) is 32.7 Å². The second-order valence-corrected chi connectivity index (χ2v) is 3.14. The van der Waals surface area contributed by atoms with Gasteiger partial charge in [0.15, 0.2) is 11.5 Å². The van der Waals surface area contributed by atoms with Crippen molar-refractivity contribution in [3.05, 3.63) is 23.1 Å². The monoisotopic (exact) mass is 234 g/mol. The summed E-state index contributed by atoms with van der Waals surface area (Å²) in [6.07, 6.45) is 2.94. The fourth-order valence-corrected chi connectivity index (χ4v) is 1.31. The van der Waals surface area contributed by atoms with Crippen LogP contribution in [-0.2, 0) is 11.5 Å². The lowest BCUT2D eigenvalue weighted by Gasteiger charge is -2.03. The Balaban J connectivity index is 2.04. The fourth-order valence-electron chi connectivity index (χ4n) is 1.31. The third-order valence-electron chi connectivity index (χ3n) is 2.06. The van der Waals surface area contributed by atoms with Gasteiger partial charge in [0.05, 0.1) is 12.9 Å². The number of ether oxygens (including phenoxy) is 1. The Kier molecular flexibility index (Phi) is 3.34. The van der Waals surface area contributed by atoms with Crippen LogP contribution in [0.4, 0.5) is 5.82 Å². The molecule has 0 aromatic carbocycles. The van der Waals surface area contributed by atoms with Crippen molar-refractivity contribution in [3.63, 3.8) is 0 Å². The Bertz CT molecular complexity index is 558. The SMILES string of the molecule is [N-]=[N+]=NCCOCn1cnc2c(N)ncnc21. The van der Waals surface area contributed by atoms with Gasteiger partial charge in [0.25, 0.3) is 0 Å². The van der Waals surface area contributed by atoms with Gasteiger partial charge >= 0.3 is 0 Å². The van der Waals surface area contributed by atoms with E-state index in [1.54, 1.807) is 10.9 Å². The predicted octanol–water partition coefficient (Wildman–Crippen LogP) is 0.693. The van der Waals surface area contributed by atoms with Crippen LogP contribution in [0, 0.1) is 0 Å². The first-order valence-corrected chi connectivity index (χ1v) is 4.83. The van der Waals surface area contributed by atoms with E-state index in [0.717, 1.165) is 0 Å². The highest BCUT2D eigenvalue weighted by atomic mass is 16.5. The number of aromatic nitrogens is 4. The zero-order chi connectivity index (χ0) is 12.1. The molecule has 2 aromatic heterocycles. The summed E-state index contributed by atoms with van der Waals surface area (Å²) in [6.45, 7) is 0.901. The van der Waals surface area contributed by atoms with Crippen molar-refractivity contribution in [1.29, 1.82) is 0 Å². The Morgan fingerprint density at radius 1 is 1.47 bits per heavy atom. The van der Waals surface area contributed by atoms with E-state index in [1.807, 2.05) is 0 Å². The number of rotatable bonds is 5. The second-order valence-electron chi connectivity index (χ2n) is 3.14. The van der Waals surface area contributed by atoms with Gasteiger partial charge in [-0.2, -0.15) is 0 Å². The lowest BCUT2D eigenvalue weighted by atomic mass is 10.5. The van der Waals surface area contributed by atoms with Crippen LogP contribution in [0.15, 0.2) is 17.8 Å². The Labute approximate surface area is 95.9 Å². The number of hydrogen-bond acceptors (Lipinski definition) is 6. The van der Waals surface area contributed by atoms with Crippen molar-refractivity contribution in [2.75, 3.05) is 18.9 Å². The number of anilines is 1. The van der Waals surface area contributed by atoms with Gasteiger partial charge in [-0.1, -0.05) is 5.11 Å². The molecule has 0 aliphatic carbocycles. The molecule has 9 nitrogen and oxygen atoms in total. The highest BCUT2D eigenvalue weighted by Gasteiger charge is 2.06. The normalized spacial score (nSPS) is 10.4. The van der Waals surface area contributed by atoms with Crippen molar-refractivity contribution in [3.8, 4) is 0 Å². The third kappa shape index (κ3) is 2.41. The van der Waals surface area contributed by atoms with Crippen LogP contribution in [0.1, 0.15) is 0 Å². The maximum Gasteiger partial charge on any atom is 0.167 e. The topological polar surface area (TPSA) is 128 Å². The minimum atomic E-state index is 0.272. The van der Waals surface area contributed by atoms with Crippen LogP contribution in [0.5, 0.6) is 0 Å². The van der Waals surface area contributed by atoms with Gasteiger partial charge in [0.1, 0.15) is 18.6 Å². The minimum absolute atomic E-state index is 0.272. The molecule has 2 aromatic rings. The van der Waals surface area contributed by atoms with E-state index < -0.39 is 0 Å². The molecule has 0 spiro atoms. The van der Waals surface area contributed by atoms with Crippen molar-refractivity contribution < 1.29 is 4.74 Å². The number of hydrogen-bond donors (Lipinski definition) is 1. The number of azide groups is 1. The fraction of sp³-hybridized carbons (Fsp3) is 0.375. The standard InChI is InChI=1S/C8H10N8O/c9-7-6-8(12-3-11-7)16(4-13-6)5-17-2-1-14-15-10/h3-4H,1-2,5H2,(H2,9,11,12). The molecule has 2 heterocycles. The molecule has 2 rings (SSSR count). The van der Waals surface area contributed by atoms with E-state index in [0.29, 0.717) is 30.1 Å². The van der Waals surface area contributed by atoms with Gasteiger partial charge in [0, 0.05) is 11.5 Å². The lowest BCUT2D eigenvalue weighted by molar-refractivity contribution is 0.0854. The van der Waals surface area contributed by atoms with Crippen molar-refractivity contribution in [1.82, 2.24) is 19.5 Å². The highest BCUT2D eigenvalue weighted by molar-refractivity contribution is 5.80. The average molecular weight is 234 g/mol. The molecule has 0 unspecified atom stereocenters. The Hall–Kier alpha value is -2.38. The molecule has 0 fully saturated rings. The van der Waals surface area contributed by atoms with Crippen molar-refractivity contribution >= 4 is 17.0 Å². The molecular weight excluding hydrogens is 224 g/mol. The second kappa shape index (κ2) is 5.10. The van der Waals surface area contributed by atoms with Crippen LogP contribution < -0.4 is 5.73 Å². The van der Waals surface area contributed by atoms with Gasteiger partial charge in [-0.25, -0.2) is 15.0 Å². The molecule has 9 heteroatoms. The van der Waals surface area contributed by atoms with Gasteiger partial charge < -0.3 is 10.5 Å². The first kappa shape index (κ1) is 11.1. The molecule has 2 N–H and O–H groups in total. The number of nitrogen functional groups attached to an aromatic ring is 1. The molecule has 0 amide bonds. The molecule has 0 radical (unpaired) electrons. The van der Waals surface area contributed by atoms with Crippen molar-refractivity contribution in [2.24, 2.45) is 5.11 Å². The van der Waals surface area contributed by atoms with Gasteiger partial charge in [0.2, 0.25) is 0 Å². The van der Waals surface area contributed by atoms with Gasteiger partial charge in [-0.05, 0) is 5.53 Å². The van der Waals surface area contributed by atoms with E-state index in [2.05, 4.69) is 25.0 Å². The maximum atomic E-state index is 8.08. The van der Waals surface area contributed by atoms with Gasteiger partial charge in [-0.15, -0.1) is 0 Å². The predicted molar refractivity (Wildman–Crippen MR) is 59.7 cm³/mol. The van der Waals surface area contributed by atoms with Crippen LogP contribution in [0.25, 0.3) is 21.6 Å². The van der Waals surface area contributed by atoms with Crippen LogP contribution in [0.2, 0.25) is 0 Å². The summed E-state index contributed by atoms with van der Waals surface area (Å²) < 4.78 is 6.98. The number of fused-ring (bicyclic) bond motifs is 1. The molecule has 0 aliphatic rings. The Morgan fingerprint density at radius 3 is 3.18 bits per heavy atom. The summed E-state index contributed by atoms with van der Waals surface area (Å²) in [6, 6.07) is 0. The number of imidazole rings is 1. The minimum Gasteiger partial charge on any atom is -0.382 e. The number of nitrogens with two attached hydrogens (primary N) is 1. The van der Waals surface area contributed by atoms with E-state index in [9.17, 15) is 0 Å². The largest absolute Gasteiger partial charge is 0.382 e. The van der Waals surface area contributed by atoms with Crippen LogP contribution in [0.3, 0.4) is 0 Å². The number of nitrogens with zero attached hydrogens (tertiary/aromatic N) is 7. The molecule has 0 saturated carbocycles. The maximum absolute atomic E-state index is 8.08. The van der Waals surface area contributed by atoms with E-state index in [-0.39, 0.29) is 6.73 Å². The smallest absolute Gasteiger partial charge is 0.167 e. The van der Waals surface area contributed by atoms with Crippen LogP contribution >= 0.6 is 0 Å². The summed E-state index contributed by atoms with van der Waals surface area (Å²) in [5, 5.41) is 3.35. The van der Waals surface area contributed by atoms with Gasteiger partial charge in [-0.3, -0.25) is 4.57 Å². The lowest BCUT2D eigenvalue weighted by Crippen LogP contribution is -2.05. The zero-order valence-electron chi connectivity index (χ0n) is 8.89. The molecule has 0 saturated heterocycles. The summed E-state index contributed by atoms with van der Waals surface area (Å²) in [5.74, 6) is 0.336.